The standard InChI is InChI=1S/C18H17F3N4O/c1-3-4-13-16(17(26)24-14-9-11(2)7-8-22-14)25-10-12(18(19,20)21)5-6-15(25)23-13/h5-10H,3-4H2,1-2H3,(H,22,24,26). The summed E-state index contributed by atoms with van der Waals surface area (Å²) in [6, 6.07) is 5.69. The highest BCUT2D eigenvalue weighted by Crippen LogP contribution is 2.30. The number of hydrogen-bond acceptors (Lipinski definition) is 3. The van der Waals surface area contributed by atoms with Crippen molar-refractivity contribution in [1.82, 2.24) is 14.4 Å². The maximum atomic E-state index is 13.1. The molecule has 8 heteroatoms. The summed E-state index contributed by atoms with van der Waals surface area (Å²) in [6.07, 6.45) is -0.866. The van der Waals surface area contributed by atoms with E-state index in [0.29, 0.717) is 30.0 Å². The quantitative estimate of drug-likeness (QED) is 0.754. The lowest BCUT2D eigenvalue weighted by molar-refractivity contribution is -0.137. The van der Waals surface area contributed by atoms with E-state index in [1.165, 1.54) is 10.5 Å². The molecule has 26 heavy (non-hydrogen) atoms. The van der Waals surface area contributed by atoms with Crippen molar-refractivity contribution in [2.75, 3.05) is 5.32 Å². The number of alkyl halides is 3. The second-order valence-electron chi connectivity index (χ2n) is 5.97. The van der Waals surface area contributed by atoms with Crippen molar-refractivity contribution in [3.8, 4) is 0 Å². The van der Waals surface area contributed by atoms with Gasteiger partial charge in [0.15, 0.2) is 0 Å². The van der Waals surface area contributed by atoms with Crippen molar-refractivity contribution >= 4 is 17.4 Å². The fraction of sp³-hybridized carbons (Fsp3) is 0.278. The van der Waals surface area contributed by atoms with Gasteiger partial charge in [-0.2, -0.15) is 13.2 Å². The Balaban J connectivity index is 2.08. The van der Waals surface area contributed by atoms with Crippen LogP contribution in [-0.4, -0.2) is 20.3 Å². The molecule has 0 atom stereocenters. The summed E-state index contributed by atoms with van der Waals surface area (Å²) in [5.74, 6) is -0.210. The highest BCUT2D eigenvalue weighted by Gasteiger charge is 2.32. The third kappa shape index (κ3) is 3.54. The Morgan fingerprint density at radius 3 is 2.69 bits per heavy atom. The number of pyridine rings is 2. The number of halogens is 3. The van der Waals surface area contributed by atoms with Crippen molar-refractivity contribution in [3.05, 3.63) is 59.2 Å². The Hall–Kier alpha value is -2.90. The number of nitrogens with zero attached hydrogens (tertiary/aromatic N) is 3. The van der Waals surface area contributed by atoms with Crippen molar-refractivity contribution < 1.29 is 18.0 Å². The van der Waals surface area contributed by atoms with Crippen LogP contribution >= 0.6 is 0 Å². The van der Waals surface area contributed by atoms with E-state index in [4.69, 9.17) is 0 Å². The monoisotopic (exact) mass is 362 g/mol. The van der Waals surface area contributed by atoms with E-state index in [9.17, 15) is 18.0 Å². The molecule has 0 spiro atoms. The molecule has 0 saturated carbocycles. The highest BCUT2D eigenvalue weighted by molar-refractivity contribution is 6.04. The zero-order chi connectivity index (χ0) is 18.9. The molecular formula is C18H17F3N4O. The fourth-order valence-corrected chi connectivity index (χ4v) is 2.69. The van der Waals surface area contributed by atoms with Gasteiger partial charge in [0.2, 0.25) is 0 Å². The molecule has 0 bridgehead atoms. The lowest BCUT2D eigenvalue weighted by Gasteiger charge is -2.09. The number of imidazole rings is 1. The van der Waals surface area contributed by atoms with Crippen LogP contribution in [0.2, 0.25) is 0 Å². The second-order valence-corrected chi connectivity index (χ2v) is 5.97. The van der Waals surface area contributed by atoms with Gasteiger partial charge >= 0.3 is 6.18 Å². The SMILES string of the molecule is CCCc1nc2ccc(C(F)(F)F)cn2c1C(=O)Nc1cc(C)ccn1. The van der Waals surface area contributed by atoms with E-state index in [-0.39, 0.29) is 5.69 Å². The Morgan fingerprint density at radius 2 is 2.04 bits per heavy atom. The van der Waals surface area contributed by atoms with Crippen molar-refractivity contribution in [1.29, 1.82) is 0 Å². The molecule has 3 heterocycles. The number of anilines is 1. The second kappa shape index (κ2) is 6.78. The third-order valence-corrected chi connectivity index (χ3v) is 3.88. The minimum Gasteiger partial charge on any atom is -0.305 e. The summed E-state index contributed by atoms with van der Waals surface area (Å²) in [4.78, 5) is 21.1. The predicted octanol–water partition coefficient (Wildman–Crippen LogP) is 4.26. The molecule has 0 radical (unpaired) electrons. The normalized spacial score (nSPS) is 11.7. The number of hydrogen-bond donors (Lipinski definition) is 1. The number of fused-ring (bicyclic) bond motifs is 1. The van der Waals surface area contributed by atoms with Gasteiger partial charge in [0.05, 0.1) is 11.3 Å². The zero-order valence-corrected chi connectivity index (χ0v) is 14.3. The summed E-state index contributed by atoms with van der Waals surface area (Å²) >= 11 is 0. The lowest BCUT2D eigenvalue weighted by Crippen LogP contribution is -2.18. The van der Waals surface area contributed by atoms with Gasteiger partial charge in [-0.05, 0) is 43.2 Å². The van der Waals surface area contributed by atoms with Gasteiger partial charge in [-0.25, -0.2) is 9.97 Å². The average molecular weight is 362 g/mol. The molecule has 5 nitrogen and oxygen atoms in total. The Bertz CT molecular complexity index is 963. The maximum Gasteiger partial charge on any atom is 0.417 e. The van der Waals surface area contributed by atoms with Crippen LogP contribution in [0, 0.1) is 6.92 Å². The van der Waals surface area contributed by atoms with Crippen LogP contribution in [-0.2, 0) is 12.6 Å². The largest absolute Gasteiger partial charge is 0.417 e. The number of carbonyl (C=O) groups is 1. The molecule has 3 rings (SSSR count). The first kappa shape index (κ1) is 17.9. The summed E-state index contributed by atoms with van der Waals surface area (Å²) in [7, 11) is 0. The van der Waals surface area contributed by atoms with Crippen LogP contribution in [0.15, 0.2) is 36.7 Å². The molecule has 0 unspecified atom stereocenters. The van der Waals surface area contributed by atoms with E-state index in [0.717, 1.165) is 17.8 Å². The first-order valence-corrected chi connectivity index (χ1v) is 8.11. The predicted molar refractivity (Wildman–Crippen MR) is 91.1 cm³/mol. The van der Waals surface area contributed by atoms with Gasteiger partial charge in [-0.1, -0.05) is 13.3 Å². The molecule has 0 aliphatic carbocycles. The van der Waals surface area contributed by atoms with Crippen LogP contribution in [0.25, 0.3) is 5.65 Å². The van der Waals surface area contributed by atoms with Crippen LogP contribution in [0.3, 0.4) is 0 Å². The number of aryl methyl sites for hydroxylation is 2. The number of aromatic nitrogens is 3. The van der Waals surface area contributed by atoms with Crippen molar-refractivity contribution in [3.63, 3.8) is 0 Å². The first-order chi connectivity index (χ1) is 12.3. The molecule has 1 amide bonds. The minimum atomic E-state index is -4.50. The van der Waals surface area contributed by atoms with Crippen LogP contribution in [0.1, 0.15) is 40.7 Å². The molecule has 0 aromatic carbocycles. The molecule has 136 valence electrons. The van der Waals surface area contributed by atoms with Gasteiger partial charge in [-0.15, -0.1) is 0 Å². The van der Waals surface area contributed by atoms with Gasteiger partial charge in [0.25, 0.3) is 5.91 Å². The molecule has 3 aromatic heterocycles. The van der Waals surface area contributed by atoms with Gasteiger partial charge in [0.1, 0.15) is 17.2 Å². The molecule has 0 aliphatic heterocycles. The Kier molecular flexibility index (Phi) is 4.67. The summed E-state index contributed by atoms with van der Waals surface area (Å²) in [6.45, 7) is 3.76. The van der Waals surface area contributed by atoms with E-state index in [2.05, 4.69) is 15.3 Å². The first-order valence-electron chi connectivity index (χ1n) is 8.11. The number of amides is 1. The van der Waals surface area contributed by atoms with Gasteiger partial charge in [-0.3, -0.25) is 9.20 Å². The molecular weight excluding hydrogens is 345 g/mol. The van der Waals surface area contributed by atoms with Gasteiger partial charge in [0, 0.05) is 12.4 Å². The van der Waals surface area contributed by atoms with E-state index in [1.807, 2.05) is 13.8 Å². The number of rotatable bonds is 4. The smallest absolute Gasteiger partial charge is 0.305 e. The van der Waals surface area contributed by atoms with E-state index in [1.54, 1.807) is 18.3 Å². The van der Waals surface area contributed by atoms with Crippen molar-refractivity contribution in [2.24, 2.45) is 0 Å². The van der Waals surface area contributed by atoms with E-state index >= 15 is 0 Å². The Labute approximate surface area is 147 Å². The van der Waals surface area contributed by atoms with Crippen LogP contribution in [0.5, 0.6) is 0 Å². The summed E-state index contributed by atoms with van der Waals surface area (Å²) < 4.78 is 40.3. The minimum absolute atomic E-state index is 0.0938. The fourth-order valence-electron chi connectivity index (χ4n) is 2.69. The Morgan fingerprint density at radius 1 is 1.27 bits per heavy atom. The zero-order valence-electron chi connectivity index (χ0n) is 14.3. The maximum absolute atomic E-state index is 13.1. The number of nitrogens with one attached hydrogen (secondary N) is 1. The lowest BCUT2D eigenvalue weighted by atomic mass is 10.2. The average Bonchev–Trinajstić information content (AvgIpc) is 2.91. The molecule has 0 fully saturated rings. The van der Waals surface area contributed by atoms with Gasteiger partial charge < -0.3 is 5.32 Å². The number of carbonyl (C=O) groups excluding carboxylic acids is 1. The molecule has 3 aromatic rings. The van der Waals surface area contributed by atoms with Crippen LogP contribution in [0.4, 0.5) is 19.0 Å². The summed E-state index contributed by atoms with van der Waals surface area (Å²) in [5, 5.41) is 2.64. The topological polar surface area (TPSA) is 59.3 Å². The highest BCUT2D eigenvalue weighted by atomic mass is 19.4. The van der Waals surface area contributed by atoms with Crippen LogP contribution < -0.4 is 5.32 Å². The summed E-state index contributed by atoms with van der Waals surface area (Å²) in [5.41, 5.74) is 0.909. The third-order valence-electron chi connectivity index (χ3n) is 3.88. The molecule has 0 aliphatic rings. The van der Waals surface area contributed by atoms with E-state index < -0.39 is 17.6 Å². The molecule has 0 saturated heterocycles. The van der Waals surface area contributed by atoms with Crippen molar-refractivity contribution in [2.45, 2.75) is 32.9 Å². The molecule has 1 N–H and O–H groups in total.